The quantitative estimate of drug-likeness (QED) is 0.710. The van der Waals surface area contributed by atoms with Crippen molar-refractivity contribution in [1.82, 2.24) is 4.90 Å². The Balaban J connectivity index is 1.93. The molecule has 1 aromatic carbocycles. The Morgan fingerprint density at radius 1 is 1.32 bits per heavy atom. The molecule has 2 atom stereocenters. The second-order valence-corrected chi connectivity index (χ2v) is 7.03. The third kappa shape index (κ3) is 5.71. The molecule has 1 amide bonds. The van der Waals surface area contributed by atoms with Crippen LogP contribution >= 0.6 is 0 Å². The molecule has 2 rings (SSSR count). The SMILES string of the molecule is CC(C)CC(O)/C=C\C1CCC(=O)N1CCc1ccc(C(=O)O)cc1. The molecule has 0 saturated carbocycles. The van der Waals surface area contributed by atoms with E-state index in [2.05, 4.69) is 13.8 Å². The van der Waals surface area contributed by atoms with Crippen molar-refractivity contribution in [2.45, 2.75) is 51.7 Å². The Morgan fingerprint density at radius 2 is 2.00 bits per heavy atom. The minimum absolute atomic E-state index is 0.0348. The van der Waals surface area contributed by atoms with Crippen LogP contribution in [-0.4, -0.2) is 45.7 Å². The zero-order chi connectivity index (χ0) is 18.4. The molecule has 5 heteroatoms. The molecule has 0 aromatic heterocycles. The molecule has 0 radical (unpaired) electrons. The van der Waals surface area contributed by atoms with Crippen LogP contribution in [0, 0.1) is 5.92 Å². The van der Waals surface area contributed by atoms with Crippen molar-refractivity contribution in [1.29, 1.82) is 0 Å². The minimum Gasteiger partial charge on any atom is -0.478 e. The number of carbonyl (C=O) groups is 2. The summed E-state index contributed by atoms with van der Waals surface area (Å²) in [6, 6.07) is 6.79. The summed E-state index contributed by atoms with van der Waals surface area (Å²) >= 11 is 0. The van der Waals surface area contributed by atoms with E-state index in [4.69, 9.17) is 5.11 Å². The standard InChI is InChI=1S/C20H27NO4/c1-14(2)13-18(22)9-7-17-8-10-19(23)21(17)12-11-15-3-5-16(6-4-15)20(24)25/h3-7,9,14,17-18,22H,8,10-13H2,1-2H3,(H,24,25)/b9-7-. The number of carboxylic acids is 1. The summed E-state index contributed by atoms with van der Waals surface area (Å²) in [6.45, 7) is 4.73. The van der Waals surface area contributed by atoms with Crippen LogP contribution in [0.5, 0.6) is 0 Å². The summed E-state index contributed by atoms with van der Waals surface area (Å²) in [4.78, 5) is 24.9. The van der Waals surface area contributed by atoms with Crippen LogP contribution in [0.2, 0.25) is 0 Å². The third-order valence-corrected chi connectivity index (χ3v) is 4.49. The molecule has 25 heavy (non-hydrogen) atoms. The predicted molar refractivity (Wildman–Crippen MR) is 96.4 cm³/mol. The van der Waals surface area contributed by atoms with Gasteiger partial charge in [-0.2, -0.15) is 0 Å². The van der Waals surface area contributed by atoms with E-state index in [1.807, 2.05) is 11.0 Å². The van der Waals surface area contributed by atoms with Gasteiger partial charge in [-0.3, -0.25) is 4.79 Å². The van der Waals surface area contributed by atoms with Gasteiger partial charge in [0.2, 0.25) is 5.91 Å². The lowest BCUT2D eigenvalue weighted by molar-refractivity contribution is -0.128. The van der Waals surface area contributed by atoms with Crippen LogP contribution in [0.25, 0.3) is 0 Å². The van der Waals surface area contributed by atoms with E-state index in [1.165, 1.54) is 0 Å². The highest BCUT2D eigenvalue weighted by molar-refractivity contribution is 5.87. The van der Waals surface area contributed by atoms with Crippen LogP contribution in [0.1, 0.15) is 49.0 Å². The molecular formula is C20H27NO4. The molecular weight excluding hydrogens is 318 g/mol. The number of carbonyl (C=O) groups excluding carboxylic acids is 1. The van der Waals surface area contributed by atoms with E-state index in [0.29, 0.717) is 31.7 Å². The van der Waals surface area contributed by atoms with Gasteiger partial charge in [0.05, 0.1) is 17.7 Å². The third-order valence-electron chi connectivity index (χ3n) is 4.49. The van der Waals surface area contributed by atoms with Gasteiger partial charge in [-0.1, -0.05) is 38.1 Å². The van der Waals surface area contributed by atoms with Gasteiger partial charge in [0.25, 0.3) is 0 Å². The number of aliphatic hydroxyl groups is 1. The van der Waals surface area contributed by atoms with Crippen LogP contribution in [0.15, 0.2) is 36.4 Å². The summed E-state index contributed by atoms with van der Waals surface area (Å²) in [7, 11) is 0. The Bertz CT molecular complexity index is 621. The fourth-order valence-corrected chi connectivity index (χ4v) is 3.13. The van der Waals surface area contributed by atoms with Crippen molar-refractivity contribution in [3.05, 3.63) is 47.5 Å². The molecule has 0 spiro atoms. The number of likely N-dealkylation sites (tertiary alicyclic amines) is 1. The number of benzene rings is 1. The van der Waals surface area contributed by atoms with Gasteiger partial charge < -0.3 is 15.1 Å². The highest BCUT2D eigenvalue weighted by Crippen LogP contribution is 2.21. The van der Waals surface area contributed by atoms with Gasteiger partial charge in [0.15, 0.2) is 0 Å². The first-order valence-corrected chi connectivity index (χ1v) is 8.85. The molecule has 2 unspecified atom stereocenters. The topological polar surface area (TPSA) is 77.8 Å². The van der Waals surface area contributed by atoms with E-state index >= 15 is 0 Å². The molecule has 1 saturated heterocycles. The molecule has 1 fully saturated rings. The van der Waals surface area contributed by atoms with Gasteiger partial charge >= 0.3 is 5.97 Å². The molecule has 136 valence electrons. The molecule has 5 nitrogen and oxygen atoms in total. The zero-order valence-corrected chi connectivity index (χ0v) is 14.9. The second-order valence-electron chi connectivity index (χ2n) is 7.03. The van der Waals surface area contributed by atoms with Crippen molar-refractivity contribution in [3.8, 4) is 0 Å². The average Bonchev–Trinajstić information content (AvgIpc) is 2.91. The van der Waals surface area contributed by atoms with E-state index in [0.717, 1.165) is 12.0 Å². The Kier molecular flexibility index (Phi) is 6.76. The molecule has 0 aliphatic carbocycles. The fraction of sp³-hybridized carbons (Fsp3) is 0.500. The first-order valence-electron chi connectivity index (χ1n) is 8.85. The minimum atomic E-state index is -0.938. The van der Waals surface area contributed by atoms with Crippen LogP contribution in [-0.2, 0) is 11.2 Å². The number of aliphatic hydroxyl groups excluding tert-OH is 1. The monoisotopic (exact) mass is 345 g/mol. The van der Waals surface area contributed by atoms with E-state index in [9.17, 15) is 14.7 Å². The number of rotatable bonds is 8. The Hall–Kier alpha value is -2.14. The summed E-state index contributed by atoms with van der Waals surface area (Å²) in [5.41, 5.74) is 1.27. The lowest BCUT2D eigenvalue weighted by Crippen LogP contribution is -2.33. The molecule has 1 aliphatic rings. The Morgan fingerprint density at radius 3 is 2.60 bits per heavy atom. The Labute approximate surface area is 149 Å². The summed E-state index contributed by atoms with van der Waals surface area (Å²) < 4.78 is 0. The molecule has 1 heterocycles. The predicted octanol–water partition coefficient (Wildman–Crippen LogP) is 2.88. The molecule has 1 aromatic rings. The van der Waals surface area contributed by atoms with Crippen LogP contribution < -0.4 is 0 Å². The number of nitrogens with zero attached hydrogens (tertiary/aromatic N) is 1. The first-order chi connectivity index (χ1) is 11.9. The maximum atomic E-state index is 12.1. The maximum absolute atomic E-state index is 12.1. The summed E-state index contributed by atoms with van der Waals surface area (Å²) in [5, 5.41) is 18.9. The van der Waals surface area contributed by atoms with Gasteiger partial charge in [0.1, 0.15) is 0 Å². The van der Waals surface area contributed by atoms with E-state index < -0.39 is 12.1 Å². The number of carboxylic acid groups (broad SMARTS) is 1. The fourth-order valence-electron chi connectivity index (χ4n) is 3.13. The smallest absolute Gasteiger partial charge is 0.335 e. The first kappa shape index (κ1) is 19.2. The van der Waals surface area contributed by atoms with Gasteiger partial charge in [-0.25, -0.2) is 4.79 Å². The van der Waals surface area contributed by atoms with Gasteiger partial charge in [0, 0.05) is 13.0 Å². The van der Waals surface area contributed by atoms with Crippen molar-refractivity contribution in [3.63, 3.8) is 0 Å². The summed E-state index contributed by atoms with van der Waals surface area (Å²) in [6.07, 6.45) is 6.00. The normalized spacial score (nSPS) is 19.1. The lowest BCUT2D eigenvalue weighted by atomic mass is 10.0. The number of hydrogen-bond donors (Lipinski definition) is 2. The molecule has 0 bridgehead atoms. The average molecular weight is 345 g/mol. The maximum Gasteiger partial charge on any atom is 0.335 e. The van der Waals surface area contributed by atoms with E-state index in [1.54, 1.807) is 30.3 Å². The zero-order valence-electron chi connectivity index (χ0n) is 14.9. The van der Waals surface area contributed by atoms with Crippen LogP contribution in [0.4, 0.5) is 0 Å². The number of amides is 1. The largest absolute Gasteiger partial charge is 0.478 e. The molecule has 1 aliphatic heterocycles. The highest BCUT2D eigenvalue weighted by Gasteiger charge is 2.28. The van der Waals surface area contributed by atoms with Crippen LogP contribution in [0.3, 0.4) is 0 Å². The molecule has 2 N–H and O–H groups in total. The van der Waals surface area contributed by atoms with Gasteiger partial charge in [-0.15, -0.1) is 0 Å². The highest BCUT2D eigenvalue weighted by atomic mass is 16.4. The second kappa shape index (κ2) is 8.81. The van der Waals surface area contributed by atoms with Crippen molar-refractivity contribution < 1.29 is 19.8 Å². The van der Waals surface area contributed by atoms with Crippen molar-refractivity contribution >= 4 is 11.9 Å². The van der Waals surface area contributed by atoms with Crippen molar-refractivity contribution in [2.24, 2.45) is 5.92 Å². The van der Waals surface area contributed by atoms with Gasteiger partial charge in [-0.05, 0) is 42.9 Å². The number of aromatic carboxylic acids is 1. The van der Waals surface area contributed by atoms with E-state index in [-0.39, 0.29) is 17.5 Å². The number of hydrogen-bond acceptors (Lipinski definition) is 3. The lowest BCUT2D eigenvalue weighted by Gasteiger charge is -2.23. The van der Waals surface area contributed by atoms with Crippen molar-refractivity contribution in [2.75, 3.05) is 6.54 Å². The summed E-state index contributed by atoms with van der Waals surface area (Å²) in [5.74, 6) is -0.378.